The summed E-state index contributed by atoms with van der Waals surface area (Å²) >= 11 is 0. The molecule has 0 aromatic carbocycles. The minimum absolute atomic E-state index is 0.460. The Bertz CT molecular complexity index is 707. The van der Waals surface area contributed by atoms with E-state index in [1.54, 1.807) is 0 Å². The van der Waals surface area contributed by atoms with E-state index in [2.05, 4.69) is 47.4 Å². The van der Waals surface area contributed by atoms with Crippen molar-refractivity contribution in [2.45, 2.75) is 66.7 Å². The van der Waals surface area contributed by atoms with Crippen LogP contribution in [0.5, 0.6) is 0 Å². The van der Waals surface area contributed by atoms with Crippen molar-refractivity contribution < 1.29 is 0 Å². The summed E-state index contributed by atoms with van der Waals surface area (Å²) in [4.78, 5) is 12.8. The number of aromatic amines is 1. The third-order valence-corrected chi connectivity index (χ3v) is 4.42. The summed E-state index contributed by atoms with van der Waals surface area (Å²) in [6.45, 7) is 14.3. The third kappa shape index (κ3) is 6.45. The fourth-order valence-electron chi connectivity index (χ4n) is 3.25. The SMILES string of the molecule is C/C=C\C(=C/CC)c1[nH]c(C2CCCNC2)nc1-c1ccncc1.CC.CC. The Labute approximate surface area is 171 Å². The van der Waals surface area contributed by atoms with E-state index in [4.69, 9.17) is 4.98 Å². The second kappa shape index (κ2) is 13.9. The number of hydrogen-bond acceptors (Lipinski definition) is 3. The maximum absolute atomic E-state index is 4.99. The summed E-state index contributed by atoms with van der Waals surface area (Å²) in [7, 11) is 0. The largest absolute Gasteiger partial charge is 0.341 e. The van der Waals surface area contributed by atoms with Gasteiger partial charge in [0.25, 0.3) is 0 Å². The van der Waals surface area contributed by atoms with Gasteiger partial charge in [-0.1, -0.05) is 52.8 Å². The first-order valence-electron chi connectivity index (χ1n) is 10.9. The lowest BCUT2D eigenvalue weighted by Crippen LogP contribution is -2.28. The predicted octanol–water partition coefficient (Wildman–Crippen LogP) is 6.36. The zero-order valence-corrected chi connectivity index (χ0v) is 18.5. The van der Waals surface area contributed by atoms with Gasteiger partial charge in [0.1, 0.15) is 5.82 Å². The Morgan fingerprint density at radius 2 is 1.89 bits per heavy atom. The Kier molecular flexibility index (Phi) is 11.8. The lowest BCUT2D eigenvalue weighted by Gasteiger charge is -2.20. The molecule has 0 aliphatic carbocycles. The molecule has 1 saturated heterocycles. The lowest BCUT2D eigenvalue weighted by molar-refractivity contribution is 0.449. The van der Waals surface area contributed by atoms with Gasteiger partial charge in [-0.05, 0) is 50.4 Å². The zero-order chi connectivity index (χ0) is 20.8. The second-order valence-electron chi connectivity index (χ2n) is 6.19. The molecule has 2 aromatic heterocycles. The van der Waals surface area contributed by atoms with E-state index in [1.165, 1.54) is 18.4 Å². The summed E-state index contributed by atoms with van der Waals surface area (Å²) in [5.74, 6) is 1.55. The van der Waals surface area contributed by atoms with Crippen molar-refractivity contribution in [2.24, 2.45) is 0 Å². The summed E-state index contributed by atoms with van der Waals surface area (Å²) < 4.78 is 0. The van der Waals surface area contributed by atoms with Crippen molar-refractivity contribution in [3.05, 3.63) is 54.3 Å². The standard InChI is InChI=1S/C20H26N4.2C2H6/c1-3-6-15(7-4-2)18-19(16-9-12-21-13-10-16)24-20(23-18)17-8-5-11-22-14-17;2*1-2/h3,6-7,9-10,12-13,17,22H,4-5,8,11,14H2,1-2H3,(H,23,24);2*1-2H3/b6-3-,15-7+;;. The normalized spacial score (nSPS) is 16.8. The van der Waals surface area contributed by atoms with Crippen LogP contribution in [0.1, 0.15) is 78.2 Å². The molecule has 4 heteroatoms. The first-order valence-corrected chi connectivity index (χ1v) is 10.9. The van der Waals surface area contributed by atoms with E-state index >= 15 is 0 Å². The molecule has 1 fully saturated rings. The molecular weight excluding hydrogens is 344 g/mol. The fraction of sp³-hybridized carbons (Fsp3) is 0.500. The molecule has 0 amide bonds. The van der Waals surface area contributed by atoms with Gasteiger partial charge in [0.15, 0.2) is 0 Å². The summed E-state index contributed by atoms with van der Waals surface area (Å²) in [6.07, 6.45) is 13.5. The van der Waals surface area contributed by atoms with Crippen LogP contribution >= 0.6 is 0 Å². The number of piperidine rings is 1. The molecule has 0 radical (unpaired) electrons. The van der Waals surface area contributed by atoms with Crippen LogP contribution in [-0.2, 0) is 0 Å². The topological polar surface area (TPSA) is 53.6 Å². The van der Waals surface area contributed by atoms with Crippen molar-refractivity contribution in [3.63, 3.8) is 0 Å². The van der Waals surface area contributed by atoms with Gasteiger partial charge in [-0.25, -0.2) is 4.98 Å². The third-order valence-electron chi connectivity index (χ3n) is 4.42. The van der Waals surface area contributed by atoms with Gasteiger partial charge < -0.3 is 10.3 Å². The van der Waals surface area contributed by atoms with Crippen molar-refractivity contribution in [3.8, 4) is 11.3 Å². The van der Waals surface area contributed by atoms with Gasteiger partial charge >= 0.3 is 0 Å². The molecule has 1 aliphatic rings. The molecule has 2 N–H and O–H groups in total. The van der Waals surface area contributed by atoms with Crippen molar-refractivity contribution in [1.82, 2.24) is 20.3 Å². The maximum Gasteiger partial charge on any atom is 0.111 e. The quantitative estimate of drug-likeness (QED) is 0.591. The Morgan fingerprint density at radius 3 is 2.46 bits per heavy atom. The maximum atomic E-state index is 4.99. The molecule has 3 heterocycles. The summed E-state index contributed by atoms with van der Waals surface area (Å²) in [5.41, 5.74) is 4.45. The van der Waals surface area contributed by atoms with Gasteiger partial charge in [0.05, 0.1) is 11.4 Å². The van der Waals surface area contributed by atoms with Crippen LogP contribution in [0.2, 0.25) is 0 Å². The molecular formula is C24H38N4. The highest BCUT2D eigenvalue weighted by Crippen LogP contribution is 2.31. The number of allylic oxidation sites excluding steroid dienone is 4. The van der Waals surface area contributed by atoms with Crippen LogP contribution in [0.3, 0.4) is 0 Å². The van der Waals surface area contributed by atoms with Crippen LogP contribution in [0, 0.1) is 0 Å². The van der Waals surface area contributed by atoms with E-state index in [9.17, 15) is 0 Å². The van der Waals surface area contributed by atoms with Gasteiger partial charge in [-0.2, -0.15) is 0 Å². The smallest absolute Gasteiger partial charge is 0.111 e. The number of rotatable bonds is 5. The van der Waals surface area contributed by atoms with Crippen LogP contribution in [0.25, 0.3) is 16.8 Å². The molecule has 154 valence electrons. The van der Waals surface area contributed by atoms with E-state index in [1.807, 2.05) is 52.2 Å². The second-order valence-corrected chi connectivity index (χ2v) is 6.19. The van der Waals surface area contributed by atoms with Gasteiger partial charge in [0.2, 0.25) is 0 Å². The Morgan fingerprint density at radius 1 is 1.18 bits per heavy atom. The molecule has 0 bridgehead atoms. The molecule has 1 aliphatic heterocycles. The fourth-order valence-corrected chi connectivity index (χ4v) is 3.25. The number of nitrogens with zero attached hydrogens (tertiary/aromatic N) is 2. The number of imidazole rings is 1. The number of aromatic nitrogens is 3. The first-order chi connectivity index (χ1) is 13.8. The number of pyridine rings is 1. The molecule has 2 aromatic rings. The molecule has 3 rings (SSSR count). The highest BCUT2D eigenvalue weighted by Gasteiger charge is 2.22. The van der Waals surface area contributed by atoms with Crippen LogP contribution in [0.15, 0.2) is 42.8 Å². The highest BCUT2D eigenvalue weighted by atomic mass is 15.0. The number of H-pyrrole nitrogens is 1. The summed E-state index contributed by atoms with van der Waals surface area (Å²) in [6, 6.07) is 4.06. The van der Waals surface area contributed by atoms with Gasteiger partial charge in [0, 0.05) is 30.4 Å². The number of hydrogen-bond donors (Lipinski definition) is 2. The van der Waals surface area contributed by atoms with Crippen molar-refractivity contribution in [1.29, 1.82) is 0 Å². The Balaban J connectivity index is 0.000000921. The van der Waals surface area contributed by atoms with Crippen molar-refractivity contribution in [2.75, 3.05) is 13.1 Å². The molecule has 0 saturated carbocycles. The molecule has 4 nitrogen and oxygen atoms in total. The van der Waals surface area contributed by atoms with Crippen LogP contribution < -0.4 is 5.32 Å². The van der Waals surface area contributed by atoms with Gasteiger partial charge in [-0.15, -0.1) is 0 Å². The lowest BCUT2D eigenvalue weighted by atomic mass is 9.99. The predicted molar refractivity (Wildman–Crippen MR) is 122 cm³/mol. The van der Waals surface area contributed by atoms with Crippen molar-refractivity contribution >= 4 is 5.57 Å². The molecule has 0 spiro atoms. The Hall–Kier alpha value is -2.20. The minimum Gasteiger partial charge on any atom is -0.341 e. The number of nitrogens with one attached hydrogen (secondary N) is 2. The minimum atomic E-state index is 0.460. The summed E-state index contributed by atoms with van der Waals surface area (Å²) in [5, 5.41) is 3.48. The van der Waals surface area contributed by atoms with Gasteiger partial charge in [-0.3, -0.25) is 4.98 Å². The highest BCUT2D eigenvalue weighted by molar-refractivity contribution is 5.81. The van der Waals surface area contributed by atoms with Crippen LogP contribution in [0.4, 0.5) is 0 Å². The zero-order valence-electron chi connectivity index (χ0n) is 18.5. The van der Waals surface area contributed by atoms with Crippen LogP contribution in [-0.4, -0.2) is 28.0 Å². The van der Waals surface area contributed by atoms with E-state index in [0.29, 0.717) is 5.92 Å². The molecule has 28 heavy (non-hydrogen) atoms. The monoisotopic (exact) mass is 382 g/mol. The molecule has 1 unspecified atom stereocenters. The average molecular weight is 383 g/mol. The molecule has 1 atom stereocenters. The first kappa shape index (κ1) is 23.8. The average Bonchev–Trinajstić information content (AvgIpc) is 3.23. The van der Waals surface area contributed by atoms with E-state index in [0.717, 1.165) is 42.3 Å². The van der Waals surface area contributed by atoms with E-state index in [-0.39, 0.29) is 0 Å². The van der Waals surface area contributed by atoms with E-state index < -0.39 is 0 Å².